The lowest BCUT2D eigenvalue weighted by molar-refractivity contribution is 0.0955. The monoisotopic (exact) mass is 305 g/mol. The van der Waals surface area contributed by atoms with Crippen LogP contribution in [-0.4, -0.2) is 28.8 Å². The van der Waals surface area contributed by atoms with Crippen LogP contribution in [0.3, 0.4) is 0 Å². The van der Waals surface area contributed by atoms with Crippen LogP contribution in [0.2, 0.25) is 5.02 Å². The smallest absolute Gasteiger partial charge is 0.199 e. The van der Waals surface area contributed by atoms with Crippen molar-refractivity contribution in [2.75, 3.05) is 18.6 Å². The van der Waals surface area contributed by atoms with Crippen molar-refractivity contribution in [2.45, 2.75) is 4.90 Å². The number of rotatable bonds is 2. The third kappa shape index (κ3) is 2.52. The number of hydrogen-bond donors (Lipinski definition) is 0. The Labute approximate surface area is 126 Å². The standard InChI is InChI=1S/C14H12ClN3OS/c1-17(11-6-4-10(15)5-7-11)18-9-12(19)14-13(20-18)3-2-8-16-14/h2-8H,9H2,1H3. The highest BCUT2D eigenvalue weighted by Gasteiger charge is 2.27. The van der Waals surface area contributed by atoms with E-state index in [0.29, 0.717) is 17.3 Å². The van der Waals surface area contributed by atoms with Crippen LogP contribution in [0.5, 0.6) is 0 Å². The lowest BCUT2D eigenvalue weighted by Crippen LogP contribution is -2.40. The fourth-order valence-electron chi connectivity index (χ4n) is 1.97. The highest BCUT2D eigenvalue weighted by atomic mass is 35.5. The second kappa shape index (κ2) is 5.44. The van der Waals surface area contributed by atoms with Crippen LogP contribution in [0.15, 0.2) is 47.5 Å². The third-order valence-corrected chi connectivity index (χ3v) is 4.42. The SMILES string of the molecule is CN(c1ccc(Cl)cc1)N1CC(=O)c2ncccc2S1. The molecule has 4 nitrogen and oxygen atoms in total. The molecule has 1 aliphatic rings. The maximum Gasteiger partial charge on any atom is 0.199 e. The molecule has 1 aliphatic heterocycles. The van der Waals surface area contributed by atoms with Crippen LogP contribution < -0.4 is 5.01 Å². The molecule has 0 aliphatic carbocycles. The van der Waals surface area contributed by atoms with Gasteiger partial charge >= 0.3 is 0 Å². The lowest BCUT2D eigenvalue weighted by Gasteiger charge is -2.34. The van der Waals surface area contributed by atoms with Crippen molar-refractivity contribution in [2.24, 2.45) is 0 Å². The Bertz CT molecular complexity index is 647. The minimum Gasteiger partial charge on any atom is -0.299 e. The zero-order chi connectivity index (χ0) is 14.1. The molecule has 0 N–H and O–H groups in total. The van der Waals surface area contributed by atoms with Gasteiger partial charge in [0.2, 0.25) is 0 Å². The molecule has 0 unspecified atom stereocenters. The van der Waals surface area contributed by atoms with Gasteiger partial charge in [-0.15, -0.1) is 0 Å². The zero-order valence-corrected chi connectivity index (χ0v) is 12.4. The van der Waals surface area contributed by atoms with E-state index in [9.17, 15) is 4.79 Å². The highest BCUT2D eigenvalue weighted by molar-refractivity contribution is 7.97. The number of aromatic nitrogens is 1. The van der Waals surface area contributed by atoms with Gasteiger partial charge in [-0.2, -0.15) is 4.41 Å². The Balaban J connectivity index is 1.86. The predicted octanol–water partition coefficient (Wildman–Crippen LogP) is 3.29. The summed E-state index contributed by atoms with van der Waals surface area (Å²) in [5, 5.41) is 2.63. The van der Waals surface area contributed by atoms with E-state index in [0.717, 1.165) is 10.6 Å². The summed E-state index contributed by atoms with van der Waals surface area (Å²) in [6.45, 7) is 0.299. The van der Waals surface area contributed by atoms with Gasteiger partial charge in [0.25, 0.3) is 0 Å². The van der Waals surface area contributed by atoms with Crippen molar-refractivity contribution in [3.8, 4) is 0 Å². The van der Waals surface area contributed by atoms with Gasteiger partial charge in [0.1, 0.15) is 5.69 Å². The minimum absolute atomic E-state index is 0.0279. The number of pyridine rings is 1. The summed E-state index contributed by atoms with van der Waals surface area (Å²) in [7, 11) is 1.92. The summed E-state index contributed by atoms with van der Waals surface area (Å²) in [4.78, 5) is 17.1. The number of hydrazine groups is 1. The van der Waals surface area contributed by atoms with Crippen molar-refractivity contribution >= 4 is 35.0 Å². The molecule has 102 valence electrons. The summed E-state index contributed by atoms with van der Waals surface area (Å²) in [5.41, 5.74) is 1.53. The van der Waals surface area contributed by atoms with Crippen LogP contribution in [0.25, 0.3) is 0 Å². The molecule has 0 amide bonds. The summed E-state index contributed by atoms with van der Waals surface area (Å²) in [6, 6.07) is 11.3. The van der Waals surface area contributed by atoms with Gasteiger partial charge in [0.05, 0.1) is 17.1 Å². The third-order valence-electron chi connectivity index (χ3n) is 3.05. The number of nitrogens with zero attached hydrogens (tertiary/aromatic N) is 3. The number of benzene rings is 1. The lowest BCUT2D eigenvalue weighted by atomic mass is 10.2. The molecule has 2 aromatic rings. The molecule has 1 aromatic carbocycles. The Morgan fingerprint density at radius 1 is 1.30 bits per heavy atom. The Morgan fingerprint density at radius 2 is 2.05 bits per heavy atom. The molecule has 0 radical (unpaired) electrons. The maximum atomic E-state index is 12.1. The number of carbonyl (C=O) groups excluding carboxylic acids is 1. The van der Waals surface area contributed by atoms with Gasteiger partial charge in [-0.25, -0.2) is 0 Å². The van der Waals surface area contributed by atoms with Crippen LogP contribution >= 0.6 is 23.5 Å². The Kier molecular flexibility index (Phi) is 3.65. The molecule has 0 bridgehead atoms. The molecule has 2 heterocycles. The van der Waals surface area contributed by atoms with E-state index >= 15 is 0 Å². The molecule has 0 spiro atoms. The van der Waals surface area contributed by atoms with Crippen molar-refractivity contribution in [1.82, 2.24) is 9.40 Å². The fraction of sp³-hybridized carbons (Fsp3) is 0.143. The average Bonchev–Trinajstić information content (AvgIpc) is 2.47. The second-order valence-corrected chi connectivity index (χ2v) is 5.86. The van der Waals surface area contributed by atoms with Crippen LogP contribution in [-0.2, 0) is 0 Å². The largest absolute Gasteiger partial charge is 0.299 e. The normalized spacial score (nSPS) is 15.0. The van der Waals surface area contributed by atoms with Crippen molar-refractivity contribution in [3.05, 3.63) is 53.3 Å². The second-order valence-electron chi connectivity index (χ2n) is 4.37. The molecule has 20 heavy (non-hydrogen) atoms. The molecular formula is C14H12ClN3OS. The fourth-order valence-corrected chi connectivity index (χ4v) is 3.11. The minimum atomic E-state index is 0.0279. The van der Waals surface area contributed by atoms with Crippen molar-refractivity contribution in [1.29, 1.82) is 0 Å². The quantitative estimate of drug-likeness (QED) is 0.796. The van der Waals surface area contributed by atoms with E-state index in [2.05, 4.69) is 4.98 Å². The van der Waals surface area contributed by atoms with Gasteiger partial charge in [-0.05, 0) is 48.3 Å². The number of carbonyl (C=O) groups is 1. The van der Waals surface area contributed by atoms with Crippen LogP contribution in [0.4, 0.5) is 5.69 Å². The number of hydrogen-bond acceptors (Lipinski definition) is 5. The first-order valence-corrected chi connectivity index (χ1v) is 7.23. The van der Waals surface area contributed by atoms with Crippen molar-refractivity contribution < 1.29 is 4.79 Å². The van der Waals surface area contributed by atoms with Gasteiger partial charge < -0.3 is 0 Å². The van der Waals surface area contributed by atoms with Crippen molar-refractivity contribution in [3.63, 3.8) is 0 Å². The predicted molar refractivity (Wildman–Crippen MR) is 81.0 cm³/mol. The van der Waals surface area contributed by atoms with Gasteiger partial charge in [0.15, 0.2) is 5.78 Å². The Morgan fingerprint density at radius 3 is 2.80 bits per heavy atom. The molecule has 3 rings (SSSR count). The van der Waals surface area contributed by atoms with E-state index in [-0.39, 0.29) is 5.78 Å². The molecule has 0 saturated heterocycles. The number of halogens is 1. The number of Topliss-reactive ketones (excluding diaryl/α,β-unsaturated/α-hetero) is 1. The zero-order valence-electron chi connectivity index (χ0n) is 10.8. The number of ketones is 1. The first-order valence-electron chi connectivity index (χ1n) is 6.08. The van der Waals surface area contributed by atoms with Gasteiger partial charge in [0, 0.05) is 18.3 Å². The Hall–Kier alpha value is -1.56. The highest BCUT2D eigenvalue weighted by Crippen LogP contribution is 2.33. The molecular weight excluding hydrogens is 294 g/mol. The summed E-state index contributed by atoms with van der Waals surface area (Å²) in [6.07, 6.45) is 1.65. The van der Waals surface area contributed by atoms with E-state index in [1.54, 1.807) is 6.20 Å². The molecule has 0 atom stereocenters. The first kappa shape index (κ1) is 13.4. The molecule has 1 aromatic heterocycles. The molecule has 0 fully saturated rings. The maximum absolute atomic E-state index is 12.1. The summed E-state index contributed by atoms with van der Waals surface area (Å²) < 4.78 is 1.91. The first-order chi connectivity index (χ1) is 9.65. The summed E-state index contributed by atoms with van der Waals surface area (Å²) in [5.74, 6) is 0.0279. The molecule has 0 saturated carbocycles. The van der Waals surface area contributed by atoms with E-state index in [1.807, 2.05) is 52.9 Å². The van der Waals surface area contributed by atoms with E-state index in [1.165, 1.54) is 11.9 Å². The molecule has 6 heteroatoms. The summed E-state index contributed by atoms with van der Waals surface area (Å²) >= 11 is 7.40. The van der Waals surface area contributed by atoms with Gasteiger partial charge in [-0.3, -0.25) is 14.8 Å². The van der Waals surface area contributed by atoms with Crippen LogP contribution in [0, 0.1) is 0 Å². The number of anilines is 1. The average molecular weight is 306 g/mol. The van der Waals surface area contributed by atoms with E-state index in [4.69, 9.17) is 11.6 Å². The number of fused-ring (bicyclic) bond motifs is 1. The van der Waals surface area contributed by atoms with E-state index < -0.39 is 0 Å². The topological polar surface area (TPSA) is 36.4 Å². The van der Waals surface area contributed by atoms with Crippen LogP contribution in [0.1, 0.15) is 10.5 Å². The van der Waals surface area contributed by atoms with Gasteiger partial charge in [-0.1, -0.05) is 11.6 Å².